The Bertz CT molecular complexity index is 1130. The topological polar surface area (TPSA) is 76.2 Å². The second kappa shape index (κ2) is 5.93. The molecule has 26 heavy (non-hydrogen) atoms. The van der Waals surface area contributed by atoms with Crippen LogP contribution in [0.1, 0.15) is 16.0 Å². The molecule has 2 aromatic carbocycles. The fourth-order valence-electron chi connectivity index (χ4n) is 3.16. The van der Waals surface area contributed by atoms with E-state index in [1.54, 1.807) is 23.6 Å². The molecular formula is C20H15N5S. The summed E-state index contributed by atoms with van der Waals surface area (Å²) in [5.74, 6) is 0.930. The Kier molecular flexibility index (Phi) is 3.43. The summed E-state index contributed by atoms with van der Waals surface area (Å²) in [7, 11) is 0. The second-order valence-electron chi connectivity index (χ2n) is 6.11. The predicted molar refractivity (Wildman–Crippen MR) is 107 cm³/mol. The Morgan fingerprint density at radius 2 is 1.96 bits per heavy atom. The summed E-state index contributed by atoms with van der Waals surface area (Å²) in [5.41, 5.74) is 10.1. The number of rotatable bonds is 3. The lowest BCUT2D eigenvalue weighted by atomic mass is 10.0. The molecule has 5 rings (SSSR count). The molecule has 0 radical (unpaired) electrons. The fraction of sp³-hybridized carbons (Fsp3) is 0.0500. The number of nitrogen functional groups attached to an aromatic ring is 1. The highest BCUT2D eigenvalue weighted by Crippen LogP contribution is 2.32. The number of hydrogen-bond donors (Lipinski definition) is 2. The van der Waals surface area contributed by atoms with Crippen molar-refractivity contribution >= 4 is 44.6 Å². The number of hydrogen-bond acceptors (Lipinski definition) is 6. The van der Waals surface area contributed by atoms with Gasteiger partial charge in [-0.05, 0) is 41.3 Å². The summed E-state index contributed by atoms with van der Waals surface area (Å²) >= 11 is 1.78. The van der Waals surface area contributed by atoms with Gasteiger partial charge in [0, 0.05) is 22.1 Å². The van der Waals surface area contributed by atoms with Gasteiger partial charge in [-0.25, -0.2) is 4.98 Å². The molecule has 0 saturated carbocycles. The first kappa shape index (κ1) is 15.0. The number of thiophene rings is 1. The van der Waals surface area contributed by atoms with E-state index < -0.39 is 0 Å². The number of fused-ring (bicyclic) bond motifs is 2. The number of aliphatic imine (C=N–C) groups is 1. The summed E-state index contributed by atoms with van der Waals surface area (Å²) in [6, 6.07) is 18.7. The molecule has 0 saturated heterocycles. The lowest BCUT2D eigenvalue weighted by Gasteiger charge is -2.09. The second-order valence-corrected chi connectivity index (χ2v) is 7.19. The van der Waals surface area contributed by atoms with Crippen molar-refractivity contribution in [2.45, 2.75) is 6.54 Å². The van der Waals surface area contributed by atoms with E-state index in [4.69, 9.17) is 10.7 Å². The van der Waals surface area contributed by atoms with E-state index in [0.717, 1.165) is 17.9 Å². The molecule has 5 nitrogen and oxygen atoms in total. The smallest absolute Gasteiger partial charge is 0.221 e. The zero-order valence-electron chi connectivity index (χ0n) is 13.8. The third-order valence-electron chi connectivity index (χ3n) is 4.38. The first-order chi connectivity index (χ1) is 12.8. The average molecular weight is 357 g/mol. The summed E-state index contributed by atoms with van der Waals surface area (Å²) in [6.45, 7) is 0.722. The molecule has 6 heteroatoms. The highest BCUT2D eigenvalue weighted by atomic mass is 32.1. The van der Waals surface area contributed by atoms with Crippen molar-refractivity contribution < 1.29 is 0 Å². The largest absolute Gasteiger partial charge is 0.368 e. The van der Waals surface area contributed by atoms with Crippen molar-refractivity contribution in [1.29, 1.82) is 0 Å². The zero-order chi connectivity index (χ0) is 17.5. The first-order valence-electron chi connectivity index (χ1n) is 8.28. The Morgan fingerprint density at radius 1 is 1.04 bits per heavy atom. The maximum Gasteiger partial charge on any atom is 0.221 e. The number of nitrogens with zero attached hydrogens (tertiary/aromatic N) is 3. The van der Waals surface area contributed by atoms with E-state index in [2.05, 4.69) is 57.7 Å². The molecule has 3 N–H and O–H groups in total. The summed E-state index contributed by atoms with van der Waals surface area (Å²) < 4.78 is 1.28. The maximum atomic E-state index is 5.66. The molecule has 0 fully saturated rings. The van der Waals surface area contributed by atoms with Crippen LogP contribution in [0.15, 0.2) is 65.8 Å². The van der Waals surface area contributed by atoms with Gasteiger partial charge >= 0.3 is 0 Å². The fourth-order valence-corrected chi connectivity index (χ4v) is 4.25. The van der Waals surface area contributed by atoms with Gasteiger partial charge in [-0.1, -0.05) is 24.3 Å². The maximum absolute atomic E-state index is 5.66. The van der Waals surface area contributed by atoms with Crippen molar-refractivity contribution in [2.75, 3.05) is 11.1 Å². The highest BCUT2D eigenvalue weighted by Gasteiger charge is 2.20. The Labute approximate surface area is 154 Å². The highest BCUT2D eigenvalue weighted by molar-refractivity contribution is 7.21. The zero-order valence-corrected chi connectivity index (χ0v) is 14.6. The van der Waals surface area contributed by atoms with E-state index in [9.17, 15) is 0 Å². The third kappa shape index (κ3) is 2.60. The van der Waals surface area contributed by atoms with E-state index in [0.29, 0.717) is 5.82 Å². The van der Waals surface area contributed by atoms with Crippen LogP contribution in [0.2, 0.25) is 0 Å². The van der Waals surface area contributed by atoms with Gasteiger partial charge in [0.2, 0.25) is 5.95 Å². The van der Waals surface area contributed by atoms with Crippen LogP contribution in [0.3, 0.4) is 0 Å². The van der Waals surface area contributed by atoms with Crippen molar-refractivity contribution in [3.63, 3.8) is 0 Å². The molecule has 0 bridgehead atoms. The van der Waals surface area contributed by atoms with Gasteiger partial charge < -0.3 is 11.1 Å². The van der Waals surface area contributed by atoms with Crippen LogP contribution in [-0.2, 0) is 6.54 Å². The quantitative estimate of drug-likeness (QED) is 0.571. The normalized spacial score (nSPS) is 12.8. The minimum Gasteiger partial charge on any atom is -0.368 e. The molecule has 0 aliphatic carbocycles. The van der Waals surface area contributed by atoms with E-state index in [1.165, 1.54) is 26.1 Å². The molecule has 0 atom stereocenters. The van der Waals surface area contributed by atoms with Crippen LogP contribution in [0.5, 0.6) is 0 Å². The minimum absolute atomic E-state index is 0.253. The van der Waals surface area contributed by atoms with Gasteiger partial charge in [0.1, 0.15) is 5.82 Å². The molecule has 4 aromatic rings. The monoisotopic (exact) mass is 357 g/mol. The lowest BCUT2D eigenvalue weighted by Crippen LogP contribution is -2.02. The number of aromatic nitrogens is 2. The number of nitrogens with one attached hydrogen (secondary N) is 1. The SMILES string of the molecule is Nc1nccc(Nc2ccc3c(c2)C(c2cc4ccccc4s2)=NC3)n1. The third-order valence-corrected chi connectivity index (χ3v) is 5.50. The first-order valence-corrected chi connectivity index (χ1v) is 9.10. The Balaban J connectivity index is 1.51. The van der Waals surface area contributed by atoms with Gasteiger partial charge in [0.15, 0.2) is 0 Å². The Morgan fingerprint density at radius 3 is 2.85 bits per heavy atom. The van der Waals surface area contributed by atoms with E-state index in [-0.39, 0.29) is 5.95 Å². The summed E-state index contributed by atoms with van der Waals surface area (Å²) in [5, 5.41) is 4.55. The van der Waals surface area contributed by atoms with Gasteiger partial charge in [0.25, 0.3) is 0 Å². The molecule has 126 valence electrons. The molecule has 0 spiro atoms. The number of benzene rings is 2. The minimum atomic E-state index is 0.253. The average Bonchev–Trinajstić information content (AvgIpc) is 3.25. The van der Waals surface area contributed by atoms with Gasteiger partial charge in [0.05, 0.1) is 17.1 Å². The Hall–Kier alpha value is -3.25. The molecule has 2 aromatic heterocycles. The van der Waals surface area contributed by atoms with Crippen molar-refractivity contribution in [3.8, 4) is 0 Å². The van der Waals surface area contributed by atoms with Crippen molar-refractivity contribution in [2.24, 2.45) is 4.99 Å². The van der Waals surface area contributed by atoms with Crippen LogP contribution in [-0.4, -0.2) is 15.7 Å². The van der Waals surface area contributed by atoms with E-state index >= 15 is 0 Å². The summed E-state index contributed by atoms with van der Waals surface area (Å²) in [4.78, 5) is 14.1. The summed E-state index contributed by atoms with van der Waals surface area (Å²) in [6.07, 6.45) is 1.64. The van der Waals surface area contributed by atoms with Crippen LogP contribution >= 0.6 is 11.3 Å². The number of nitrogens with two attached hydrogens (primary N) is 1. The molecule has 0 unspecified atom stereocenters. The van der Waals surface area contributed by atoms with Crippen LogP contribution in [0.4, 0.5) is 17.5 Å². The predicted octanol–water partition coefficient (Wildman–Crippen LogP) is 4.37. The van der Waals surface area contributed by atoms with Crippen molar-refractivity contribution in [3.05, 3.63) is 76.8 Å². The molecule has 1 aliphatic rings. The van der Waals surface area contributed by atoms with Gasteiger partial charge in [-0.2, -0.15) is 4.98 Å². The standard InChI is InChI=1S/C20H15N5S/c21-20-22-8-7-18(25-20)24-14-6-5-13-11-23-19(15(13)10-14)17-9-12-3-1-2-4-16(12)26-17/h1-10H,11H2,(H3,21,22,24,25). The lowest BCUT2D eigenvalue weighted by molar-refractivity contribution is 1.11. The van der Waals surface area contributed by atoms with Crippen LogP contribution in [0.25, 0.3) is 10.1 Å². The van der Waals surface area contributed by atoms with Crippen LogP contribution in [0, 0.1) is 0 Å². The van der Waals surface area contributed by atoms with Crippen LogP contribution < -0.4 is 11.1 Å². The van der Waals surface area contributed by atoms with E-state index in [1.807, 2.05) is 6.07 Å². The number of anilines is 3. The molecule has 1 aliphatic heterocycles. The molecule has 0 amide bonds. The van der Waals surface area contributed by atoms with Crippen molar-refractivity contribution in [1.82, 2.24) is 9.97 Å². The van der Waals surface area contributed by atoms with Gasteiger partial charge in [-0.15, -0.1) is 11.3 Å². The van der Waals surface area contributed by atoms with Gasteiger partial charge in [-0.3, -0.25) is 4.99 Å². The molecular weight excluding hydrogens is 342 g/mol. The molecule has 3 heterocycles.